The molecule has 0 spiro atoms. The molecule has 4 heteroatoms. The van der Waals surface area contributed by atoms with Crippen molar-refractivity contribution in [3.05, 3.63) is 72.5 Å². The fourth-order valence-corrected chi connectivity index (χ4v) is 3.00. The van der Waals surface area contributed by atoms with Gasteiger partial charge in [-0.2, -0.15) is 4.31 Å². The van der Waals surface area contributed by atoms with E-state index in [1.54, 1.807) is 42.5 Å². The molecule has 0 saturated heterocycles. The minimum absolute atomic E-state index is 0.236. The van der Waals surface area contributed by atoms with Gasteiger partial charge in [0.1, 0.15) is 0 Å². The molecule has 0 aliphatic carbocycles. The molecule has 112 valence electrons. The van der Waals surface area contributed by atoms with Crippen molar-refractivity contribution < 1.29 is 8.42 Å². The van der Waals surface area contributed by atoms with Gasteiger partial charge >= 0.3 is 0 Å². The van der Waals surface area contributed by atoms with Gasteiger partial charge in [0.2, 0.25) is 10.0 Å². The van der Waals surface area contributed by atoms with Crippen LogP contribution in [-0.2, 0) is 10.0 Å². The van der Waals surface area contributed by atoms with Gasteiger partial charge in [0, 0.05) is 13.1 Å². The van der Waals surface area contributed by atoms with Crippen molar-refractivity contribution in [2.24, 2.45) is 0 Å². The zero-order valence-corrected chi connectivity index (χ0v) is 13.4. The molecule has 0 aliphatic rings. The standard InChI is InChI=1S/C17H21NO2S/c1-5-6-13-18(14-7-8-15(2)3)21(19,20)17-11-9-16(4)10-12-17/h6-12H,1-2,13-14H2,3-4H3/b8-7+. The predicted octanol–water partition coefficient (Wildman–Crippen LogP) is 3.46. The lowest BCUT2D eigenvalue weighted by molar-refractivity contribution is 0.474. The molecule has 1 aromatic carbocycles. The van der Waals surface area contributed by atoms with Gasteiger partial charge < -0.3 is 0 Å². The summed E-state index contributed by atoms with van der Waals surface area (Å²) in [5, 5.41) is 0. The number of benzene rings is 1. The van der Waals surface area contributed by atoms with E-state index in [-0.39, 0.29) is 18.0 Å². The molecule has 1 rings (SSSR count). The van der Waals surface area contributed by atoms with Crippen LogP contribution in [0, 0.1) is 6.92 Å². The Balaban J connectivity index is 3.07. The molecule has 0 fully saturated rings. The third kappa shape index (κ3) is 5.20. The van der Waals surface area contributed by atoms with Crippen LogP contribution in [0.4, 0.5) is 0 Å². The van der Waals surface area contributed by atoms with Crippen LogP contribution in [0.3, 0.4) is 0 Å². The number of aryl methyl sites for hydroxylation is 1. The highest BCUT2D eigenvalue weighted by molar-refractivity contribution is 7.89. The topological polar surface area (TPSA) is 37.4 Å². The van der Waals surface area contributed by atoms with Crippen molar-refractivity contribution in [2.75, 3.05) is 13.1 Å². The van der Waals surface area contributed by atoms with Crippen molar-refractivity contribution in [1.82, 2.24) is 4.31 Å². The summed E-state index contributed by atoms with van der Waals surface area (Å²) >= 11 is 0. The molecule has 0 radical (unpaired) electrons. The fraction of sp³-hybridized carbons (Fsp3) is 0.235. The lowest BCUT2D eigenvalue weighted by Crippen LogP contribution is -2.31. The van der Waals surface area contributed by atoms with Gasteiger partial charge in [-0.15, -0.1) is 5.73 Å². The number of hydrogen-bond acceptors (Lipinski definition) is 2. The highest BCUT2D eigenvalue weighted by Gasteiger charge is 2.22. The maximum atomic E-state index is 12.6. The molecular formula is C17H21NO2S. The lowest BCUT2D eigenvalue weighted by atomic mass is 10.2. The molecule has 0 atom stereocenters. The first-order valence-electron chi connectivity index (χ1n) is 6.61. The van der Waals surface area contributed by atoms with Gasteiger partial charge in [0.15, 0.2) is 0 Å². The summed E-state index contributed by atoms with van der Waals surface area (Å²) < 4.78 is 26.6. The van der Waals surface area contributed by atoms with E-state index in [1.165, 1.54) is 4.31 Å². The summed E-state index contributed by atoms with van der Waals surface area (Å²) in [6.07, 6.45) is 5.18. The van der Waals surface area contributed by atoms with Gasteiger partial charge in [-0.1, -0.05) is 48.6 Å². The number of hydrogen-bond donors (Lipinski definition) is 0. The SMILES string of the molecule is C=C=CCN(C/C=C/C(=C)C)S(=O)(=O)c1ccc(C)cc1. The first-order chi connectivity index (χ1) is 9.87. The average molecular weight is 303 g/mol. The molecular weight excluding hydrogens is 282 g/mol. The van der Waals surface area contributed by atoms with E-state index in [2.05, 4.69) is 18.9 Å². The number of allylic oxidation sites excluding steroid dienone is 2. The van der Waals surface area contributed by atoms with Crippen LogP contribution >= 0.6 is 0 Å². The molecule has 0 saturated carbocycles. The van der Waals surface area contributed by atoms with Gasteiger partial charge in [0.05, 0.1) is 4.90 Å². The van der Waals surface area contributed by atoms with Crippen LogP contribution in [-0.4, -0.2) is 25.8 Å². The second-order valence-electron chi connectivity index (χ2n) is 4.79. The molecule has 0 N–H and O–H groups in total. The quantitative estimate of drug-likeness (QED) is 0.571. The Morgan fingerprint density at radius 1 is 1.29 bits per heavy atom. The lowest BCUT2D eigenvalue weighted by Gasteiger charge is -2.19. The second-order valence-corrected chi connectivity index (χ2v) is 6.73. The third-order valence-electron chi connectivity index (χ3n) is 2.81. The van der Waals surface area contributed by atoms with Crippen molar-refractivity contribution in [1.29, 1.82) is 0 Å². The largest absolute Gasteiger partial charge is 0.243 e. The number of nitrogens with zero attached hydrogens (tertiary/aromatic N) is 1. The van der Waals surface area contributed by atoms with Crippen LogP contribution in [0.5, 0.6) is 0 Å². The zero-order valence-electron chi connectivity index (χ0n) is 12.5. The van der Waals surface area contributed by atoms with Crippen molar-refractivity contribution in [3.8, 4) is 0 Å². The van der Waals surface area contributed by atoms with Crippen LogP contribution < -0.4 is 0 Å². The summed E-state index contributed by atoms with van der Waals surface area (Å²) in [5.74, 6) is 0. The summed E-state index contributed by atoms with van der Waals surface area (Å²) in [4.78, 5) is 0.286. The monoisotopic (exact) mass is 303 g/mol. The normalized spacial score (nSPS) is 11.6. The second kappa shape index (κ2) is 7.79. The molecule has 0 heterocycles. The summed E-state index contributed by atoms with van der Waals surface area (Å²) in [6.45, 7) is 11.5. The Labute approximate surface area is 127 Å². The fourth-order valence-electron chi connectivity index (χ4n) is 1.67. The van der Waals surface area contributed by atoms with Crippen LogP contribution in [0.15, 0.2) is 71.9 Å². The Morgan fingerprint density at radius 2 is 1.90 bits per heavy atom. The Hall–Kier alpha value is -1.87. The maximum absolute atomic E-state index is 12.6. The van der Waals surface area contributed by atoms with E-state index in [4.69, 9.17) is 0 Å². The van der Waals surface area contributed by atoms with Gasteiger partial charge in [-0.3, -0.25) is 0 Å². The van der Waals surface area contributed by atoms with E-state index >= 15 is 0 Å². The molecule has 21 heavy (non-hydrogen) atoms. The van der Waals surface area contributed by atoms with E-state index < -0.39 is 10.0 Å². The van der Waals surface area contributed by atoms with Gasteiger partial charge in [-0.05, 0) is 32.1 Å². The smallest absolute Gasteiger partial charge is 0.207 e. The van der Waals surface area contributed by atoms with Crippen molar-refractivity contribution >= 4 is 10.0 Å². The molecule has 1 aromatic rings. The predicted molar refractivity (Wildman–Crippen MR) is 87.6 cm³/mol. The van der Waals surface area contributed by atoms with Gasteiger partial charge in [0.25, 0.3) is 0 Å². The van der Waals surface area contributed by atoms with Crippen LogP contribution in [0.1, 0.15) is 12.5 Å². The van der Waals surface area contributed by atoms with Gasteiger partial charge in [-0.25, -0.2) is 8.42 Å². The Morgan fingerprint density at radius 3 is 2.43 bits per heavy atom. The molecule has 0 aliphatic heterocycles. The first-order valence-corrected chi connectivity index (χ1v) is 8.05. The van der Waals surface area contributed by atoms with E-state index in [0.29, 0.717) is 0 Å². The number of sulfonamides is 1. The highest BCUT2D eigenvalue weighted by Crippen LogP contribution is 2.16. The molecule has 0 bridgehead atoms. The maximum Gasteiger partial charge on any atom is 0.243 e. The van der Waals surface area contributed by atoms with E-state index in [0.717, 1.165) is 11.1 Å². The summed E-state index contributed by atoms with van der Waals surface area (Å²) in [7, 11) is -3.53. The highest BCUT2D eigenvalue weighted by atomic mass is 32.2. The molecule has 0 aromatic heterocycles. The summed E-state index contributed by atoms with van der Waals surface area (Å²) in [5.41, 5.74) is 4.51. The average Bonchev–Trinajstić information content (AvgIpc) is 2.42. The summed E-state index contributed by atoms with van der Waals surface area (Å²) in [6, 6.07) is 6.83. The Kier molecular flexibility index (Phi) is 6.38. The zero-order chi connectivity index (χ0) is 15.9. The Bertz CT molecular complexity index is 663. The van der Waals surface area contributed by atoms with Crippen LogP contribution in [0.25, 0.3) is 0 Å². The molecule has 0 amide bonds. The first kappa shape index (κ1) is 17.2. The third-order valence-corrected chi connectivity index (χ3v) is 4.66. The number of rotatable bonds is 7. The van der Waals surface area contributed by atoms with Crippen LogP contribution in [0.2, 0.25) is 0 Å². The minimum atomic E-state index is -3.53. The molecule has 3 nitrogen and oxygen atoms in total. The molecule has 0 unspecified atom stereocenters. The van der Waals surface area contributed by atoms with E-state index in [1.807, 2.05) is 13.8 Å². The van der Waals surface area contributed by atoms with Crippen molar-refractivity contribution in [2.45, 2.75) is 18.7 Å². The van der Waals surface area contributed by atoms with E-state index in [9.17, 15) is 8.42 Å². The van der Waals surface area contributed by atoms with Crippen molar-refractivity contribution in [3.63, 3.8) is 0 Å². The minimum Gasteiger partial charge on any atom is -0.207 e.